The molecular formula is C39H50N4O3S. The molecule has 1 N–H and O–H groups in total. The number of rotatable bonds is 7. The number of nitrogens with one attached hydrogen (secondary N) is 1. The van der Waals surface area contributed by atoms with Crippen LogP contribution in [0, 0.1) is 5.41 Å². The average molecular weight is 655 g/mol. The molecule has 3 heterocycles. The average Bonchev–Trinajstić information content (AvgIpc) is 3.53. The summed E-state index contributed by atoms with van der Waals surface area (Å²) in [5, 5.41) is 1.25. The second-order valence-corrected chi connectivity index (χ2v) is 16.0. The van der Waals surface area contributed by atoms with Crippen molar-refractivity contribution in [3.63, 3.8) is 0 Å². The molecule has 1 saturated heterocycles. The molecule has 1 spiro atoms. The van der Waals surface area contributed by atoms with Crippen LogP contribution in [0.5, 0.6) is 5.75 Å². The largest absolute Gasteiger partial charge is 0.497 e. The first-order valence-corrected chi connectivity index (χ1v) is 19.1. The maximum atomic E-state index is 15.1. The molecular weight excluding hydrogens is 605 g/mol. The van der Waals surface area contributed by atoms with Crippen LogP contribution in [0.2, 0.25) is 0 Å². The zero-order valence-corrected chi connectivity index (χ0v) is 29.2. The number of fused-ring (bicyclic) bond motifs is 7. The Bertz CT molecular complexity index is 1700. The molecule has 0 bridgehead atoms. The van der Waals surface area contributed by atoms with Gasteiger partial charge in [0.2, 0.25) is 5.91 Å². The zero-order valence-electron chi connectivity index (χ0n) is 28.4. The van der Waals surface area contributed by atoms with Crippen molar-refractivity contribution in [3.8, 4) is 17.0 Å². The van der Waals surface area contributed by atoms with Crippen molar-refractivity contribution in [2.24, 2.45) is 5.41 Å². The Morgan fingerprint density at radius 2 is 1.81 bits per heavy atom. The number of carbonyl (C=O) groups excluding carboxylic acids is 2. The van der Waals surface area contributed by atoms with E-state index in [1.807, 2.05) is 6.07 Å². The van der Waals surface area contributed by atoms with E-state index in [1.54, 1.807) is 7.11 Å². The van der Waals surface area contributed by atoms with Crippen molar-refractivity contribution in [1.82, 2.24) is 19.1 Å². The van der Waals surface area contributed by atoms with Gasteiger partial charge in [-0.2, -0.15) is 0 Å². The summed E-state index contributed by atoms with van der Waals surface area (Å²) in [7, 11) is 4.00. The van der Waals surface area contributed by atoms with Crippen LogP contribution in [-0.2, 0) is 11.3 Å². The Balaban J connectivity index is 1.28. The molecule has 2 amide bonds. The van der Waals surface area contributed by atoms with Gasteiger partial charge in [0.15, 0.2) is 0 Å². The van der Waals surface area contributed by atoms with Crippen LogP contribution < -0.4 is 9.46 Å². The fraction of sp³-hybridized carbons (Fsp3) is 0.590. The molecule has 47 heavy (non-hydrogen) atoms. The topological polar surface area (TPSA) is 66.8 Å². The molecule has 250 valence electrons. The van der Waals surface area contributed by atoms with Gasteiger partial charge in [-0.1, -0.05) is 57.0 Å². The van der Waals surface area contributed by atoms with Crippen molar-refractivity contribution < 1.29 is 14.3 Å². The summed E-state index contributed by atoms with van der Waals surface area (Å²) < 4.78 is 11.3. The van der Waals surface area contributed by atoms with E-state index in [0.29, 0.717) is 23.9 Å². The number of piperazine rings is 1. The highest BCUT2D eigenvalue weighted by molar-refractivity contribution is 7.97. The molecule has 2 aromatic carbocycles. The fourth-order valence-corrected chi connectivity index (χ4v) is 10.4. The van der Waals surface area contributed by atoms with Crippen LogP contribution in [-0.4, -0.2) is 71.3 Å². The molecule has 0 radical (unpaired) electrons. The summed E-state index contributed by atoms with van der Waals surface area (Å²) in [6.07, 6.45) is 12.9. The molecule has 3 aliphatic carbocycles. The second kappa shape index (κ2) is 12.2. The predicted molar refractivity (Wildman–Crippen MR) is 190 cm³/mol. The number of hydrogen-bond acceptors (Lipinski definition) is 5. The summed E-state index contributed by atoms with van der Waals surface area (Å²) >= 11 is 1.48. The molecule has 7 nitrogen and oxygen atoms in total. The van der Waals surface area contributed by atoms with Gasteiger partial charge in [-0.3, -0.25) is 19.2 Å². The standard InChI is InChI=1S/C39H50N4O3S/c1-4-20-47-40-36(44)27-12-14-30-33(21-27)43-25-39(37(45)42-19-18-41(2)38(24-42)16-8-9-17-38)23-32(39)31-22-28(46-3)13-15-29(31)35(43)34(30)26-10-6-5-7-11-26/h12-15,21-22,26,32H,4-11,16-20,23-25H2,1-3H3,(H,40,44). The molecule has 2 aliphatic heterocycles. The molecule has 8 heteroatoms. The highest BCUT2D eigenvalue weighted by Crippen LogP contribution is 2.66. The normalized spacial score (nSPS) is 25.3. The Kier molecular flexibility index (Phi) is 8.11. The number of amides is 2. The minimum absolute atomic E-state index is 0.0479. The fourth-order valence-electron chi connectivity index (χ4n) is 9.82. The Hall–Kier alpha value is -2.97. The number of methoxy groups -OCH3 is 1. The number of likely N-dealkylation sites (N-methyl/N-ethyl adjacent to an activating group) is 1. The molecule has 5 aliphatic rings. The van der Waals surface area contributed by atoms with Gasteiger partial charge in [0.25, 0.3) is 5.91 Å². The molecule has 1 aromatic heterocycles. The van der Waals surface area contributed by atoms with Crippen LogP contribution in [0.1, 0.15) is 111 Å². The van der Waals surface area contributed by atoms with E-state index < -0.39 is 5.41 Å². The van der Waals surface area contributed by atoms with E-state index in [9.17, 15) is 4.79 Å². The van der Waals surface area contributed by atoms with Gasteiger partial charge in [0.1, 0.15) is 5.75 Å². The molecule has 2 atom stereocenters. The van der Waals surface area contributed by atoms with Crippen molar-refractivity contribution in [1.29, 1.82) is 0 Å². The Morgan fingerprint density at radius 3 is 2.57 bits per heavy atom. The summed E-state index contributed by atoms with van der Waals surface area (Å²) in [5.41, 5.74) is 6.61. The van der Waals surface area contributed by atoms with Crippen LogP contribution in [0.25, 0.3) is 22.2 Å². The first kappa shape index (κ1) is 31.3. The summed E-state index contributed by atoms with van der Waals surface area (Å²) in [4.78, 5) is 33.2. The van der Waals surface area contributed by atoms with Crippen LogP contribution in [0.4, 0.5) is 0 Å². The Labute approximate surface area is 283 Å². The maximum Gasteiger partial charge on any atom is 0.261 e. The van der Waals surface area contributed by atoms with Gasteiger partial charge >= 0.3 is 0 Å². The summed E-state index contributed by atoms with van der Waals surface area (Å²) in [6.45, 7) is 5.35. The third kappa shape index (κ3) is 5.11. The highest BCUT2D eigenvalue weighted by Gasteiger charge is 2.64. The second-order valence-electron chi connectivity index (χ2n) is 15.1. The van der Waals surface area contributed by atoms with Gasteiger partial charge in [-0.15, -0.1) is 0 Å². The molecule has 8 rings (SSSR count). The minimum atomic E-state index is -0.493. The predicted octanol–water partition coefficient (Wildman–Crippen LogP) is 7.73. The first-order chi connectivity index (χ1) is 22.9. The quantitative estimate of drug-likeness (QED) is 0.209. The van der Waals surface area contributed by atoms with Crippen LogP contribution >= 0.6 is 11.9 Å². The van der Waals surface area contributed by atoms with E-state index in [-0.39, 0.29) is 17.4 Å². The van der Waals surface area contributed by atoms with Gasteiger partial charge in [0.05, 0.1) is 18.2 Å². The van der Waals surface area contributed by atoms with Gasteiger partial charge in [-0.25, -0.2) is 0 Å². The number of hydrogen-bond donors (Lipinski definition) is 1. The van der Waals surface area contributed by atoms with Crippen molar-refractivity contribution in [2.75, 3.05) is 39.5 Å². The summed E-state index contributed by atoms with van der Waals surface area (Å²) in [6, 6.07) is 12.9. The highest BCUT2D eigenvalue weighted by atomic mass is 32.2. The molecule has 3 saturated carbocycles. The van der Waals surface area contributed by atoms with E-state index in [1.165, 1.54) is 97.5 Å². The van der Waals surface area contributed by atoms with Gasteiger partial charge < -0.3 is 14.2 Å². The van der Waals surface area contributed by atoms with E-state index in [0.717, 1.165) is 49.5 Å². The monoisotopic (exact) mass is 654 g/mol. The number of benzene rings is 2. The van der Waals surface area contributed by atoms with E-state index in [2.05, 4.69) is 63.4 Å². The lowest BCUT2D eigenvalue weighted by Gasteiger charge is -2.48. The van der Waals surface area contributed by atoms with Crippen molar-refractivity contribution in [2.45, 2.75) is 101 Å². The smallest absolute Gasteiger partial charge is 0.261 e. The number of ether oxygens (including phenoxy) is 1. The third-order valence-electron chi connectivity index (χ3n) is 12.5. The van der Waals surface area contributed by atoms with Gasteiger partial charge in [-0.05, 0) is 92.9 Å². The van der Waals surface area contributed by atoms with Crippen molar-refractivity contribution >= 4 is 34.7 Å². The lowest BCUT2D eigenvalue weighted by Crippen LogP contribution is -2.61. The number of aromatic nitrogens is 1. The van der Waals surface area contributed by atoms with E-state index in [4.69, 9.17) is 4.74 Å². The van der Waals surface area contributed by atoms with Crippen LogP contribution in [0.15, 0.2) is 36.4 Å². The molecule has 3 aromatic rings. The lowest BCUT2D eigenvalue weighted by molar-refractivity contribution is -0.143. The maximum absolute atomic E-state index is 15.1. The van der Waals surface area contributed by atoms with E-state index >= 15 is 4.79 Å². The van der Waals surface area contributed by atoms with Crippen LogP contribution in [0.3, 0.4) is 0 Å². The SMILES string of the molecule is CCCSNC(=O)c1ccc2c(C3CCCCC3)c3n(c2c1)CC1(C(=O)N2CCN(C)C4(CCCC4)C2)CC1c1cc(OC)ccc1-3. The number of carbonyl (C=O) groups is 2. The summed E-state index contributed by atoms with van der Waals surface area (Å²) in [5.74, 6) is 2.65. The Morgan fingerprint density at radius 1 is 1.00 bits per heavy atom. The third-order valence-corrected chi connectivity index (χ3v) is 13.4. The molecule has 2 unspecified atom stereocenters. The van der Waals surface area contributed by atoms with Crippen molar-refractivity contribution in [3.05, 3.63) is 53.1 Å². The zero-order chi connectivity index (χ0) is 32.3. The minimum Gasteiger partial charge on any atom is -0.497 e. The van der Waals surface area contributed by atoms with Gasteiger partial charge in [0, 0.05) is 65.4 Å². The molecule has 4 fully saturated rings. The number of nitrogens with zero attached hydrogens (tertiary/aromatic N) is 3. The lowest BCUT2D eigenvalue weighted by atomic mass is 9.81. The first-order valence-electron chi connectivity index (χ1n) is 18.2.